The van der Waals surface area contributed by atoms with E-state index in [2.05, 4.69) is 4.98 Å². The predicted octanol–water partition coefficient (Wildman–Crippen LogP) is 9.77. The van der Waals surface area contributed by atoms with Crippen LogP contribution in [0.15, 0.2) is 109 Å². The van der Waals surface area contributed by atoms with E-state index in [1.807, 2.05) is 57.2 Å². The number of pyridine rings is 1. The van der Waals surface area contributed by atoms with Gasteiger partial charge in [-0.15, -0.1) is 0 Å². The van der Waals surface area contributed by atoms with Gasteiger partial charge in [0.05, 0.1) is 41.8 Å². The fourth-order valence-electron chi connectivity index (χ4n) is 5.81. The fraction of sp³-hybridized carbons (Fsp3) is 0.256. The summed E-state index contributed by atoms with van der Waals surface area (Å²) >= 11 is 12.9. The molecule has 0 N–H and O–H groups in total. The maximum atomic E-state index is 13.5. The van der Waals surface area contributed by atoms with Gasteiger partial charge in [0.25, 0.3) is 0 Å². The predicted molar refractivity (Wildman–Crippen MR) is 206 cm³/mol. The van der Waals surface area contributed by atoms with Crippen molar-refractivity contribution >= 4 is 41.1 Å². The summed E-state index contributed by atoms with van der Waals surface area (Å²) in [6.07, 6.45) is 2.44. The molecule has 0 spiro atoms. The normalized spacial score (nSPS) is 12.3. The number of halogens is 2. The molecule has 0 fully saturated rings. The highest BCUT2D eigenvalue weighted by molar-refractivity contribution is 6.35. The molecule has 0 radical (unpaired) electrons. The maximum absolute atomic E-state index is 13.5. The average molecular weight is 771 g/mol. The molecule has 11 heteroatoms. The number of hydrogen-bond acceptors (Lipinski definition) is 9. The van der Waals surface area contributed by atoms with Gasteiger partial charge in [-0.3, -0.25) is 9.78 Å². The number of benzene rings is 4. The minimum Gasteiger partial charge on any atom is -0.493 e. The molecule has 5 aromatic rings. The van der Waals surface area contributed by atoms with Crippen LogP contribution in [-0.2, 0) is 32.0 Å². The van der Waals surface area contributed by atoms with Crippen LogP contribution in [0.25, 0.3) is 0 Å². The van der Waals surface area contributed by atoms with Gasteiger partial charge in [0.1, 0.15) is 18.3 Å². The van der Waals surface area contributed by atoms with Gasteiger partial charge in [-0.05, 0) is 85.0 Å². The molecule has 0 saturated heterocycles. The molecule has 0 aliphatic carbocycles. The van der Waals surface area contributed by atoms with Crippen LogP contribution in [-0.4, -0.2) is 42.7 Å². The Morgan fingerprint density at radius 3 is 2.02 bits per heavy atom. The summed E-state index contributed by atoms with van der Waals surface area (Å²) in [6, 6.07) is 28.5. The number of esters is 3. The summed E-state index contributed by atoms with van der Waals surface area (Å²) in [5.74, 6) is -0.802. The molecule has 1 aromatic heterocycles. The molecule has 0 aliphatic heterocycles. The van der Waals surface area contributed by atoms with Gasteiger partial charge in [0.2, 0.25) is 0 Å². The van der Waals surface area contributed by atoms with Gasteiger partial charge in [-0.2, -0.15) is 0 Å². The van der Waals surface area contributed by atoms with Crippen molar-refractivity contribution in [3.8, 4) is 11.5 Å². The third-order valence-corrected chi connectivity index (χ3v) is 9.10. The highest BCUT2D eigenvalue weighted by Crippen LogP contribution is 2.36. The topological polar surface area (TPSA) is 110 Å². The summed E-state index contributed by atoms with van der Waals surface area (Å²) in [4.78, 5) is 43.6. The first-order valence-corrected chi connectivity index (χ1v) is 17.9. The number of carbonyl (C=O) groups is 3. The first-order chi connectivity index (χ1) is 25.8. The lowest BCUT2D eigenvalue weighted by molar-refractivity contribution is -0.155. The van der Waals surface area contributed by atoms with E-state index in [0.29, 0.717) is 43.8 Å². The van der Waals surface area contributed by atoms with Crippen LogP contribution in [0.2, 0.25) is 10.0 Å². The minimum atomic E-state index is -0.795. The number of methoxy groups -OCH3 is 2. The number of hydrogen-bond donors (Lipinski definition) is 0. The van der Waals surface area contributed by atoms with Crippen molar-refractivity contribution < 1.29 is 38.1 Å². The second-order valence-electron chi connectivity index (χ2n) is 13.4. The molecule has 0 aliphatic rings. The highest BCUT2D eigenvalue weighted by Gasteiger charge is 2.25. The lowest BCUT2D eigenvalue weighted by Crippen LogP contribution is -2.25. The van der Waals surface area contributed by atoms with Crippen LogP contribution < -0.4 is 9.47 Å². The van der Waals surface area contributed by atoms with Crippen molar-refractivity contribution in [3.05, 3.63) is 158 Å². The largest absolute Gasteiger partial charge is 0.493 e. The van der Waals surface area contributed by atoms with Crippen LogP contribution in [0, 0.1) is 0 Å². The summed E-state index contributed by atoms with van der Waals surface area (Å²) in [5, 5.41) is 0.679. The van der Waals surface area contributed by atoms with Crippen molar-refractivity contribution in [1.82, 2.24) is 4.98 Å². The Bertz CT molecular complexity index is 2060. The molecule has 1 heterocycles. The van der Waals surface area contributed by atoms with Gasteiger partial charge in [0.15, 0.2) is 11.5 Å². The lowest BCUT2D eigenvalue weighted by Gasteiger charge is -2.23. The molecule has 54 heavy (non-hydrogen) atoms. The zero-order valence-corrected chi connectivity index (χ0v) is 32.1. The van der Waals surface area contributed by atoms with E-state index in [1.54, 1.807) is 60.7 Å². The van der Waals surface area contributed by atoms with Crippen molar-refractivity contribution in [2.45, 2.75) is 57.8 Å². The Morgan fingerprint density at radius 1 is 0.704 bits per heavy atom. The van der Waals surface area contributed by atoms with E-state index in [-0.39, 0.29) is 36.9 Å². The highest BCUT2D eigenvalue weighted by atomic mass is 35.5. The van der Waals surface area contributed by atoms with Crippen LogP contribution in [0.4, 0.5) is 0 Å². The van der Waals surface area contributed by atoms with Crippen molar-refractivity contribution in [1.29, 1.82) is 0 Å². The third-order valence-electron chi connectivity index (χ3n) is 8.45. The van der Waals surface area contributed by atoms with E-state index < -0.39 is 23.6 Å². The number of aromatic nitrogens is 1. The summed E-state index contributed by atoms with van der Waals surface area (Å²) < 4.78 is 28.1. The smallest absolute Gasteiger partial charge is 0.338 e. The second kappa shape index (κ2) is 18.1. The Kier molecular flexibility index (Phi) is 13.3. The van der Waals surface area contributed by atoms with Gasteiger partial charge in [-0.1, -0.05) is 83.9 Å². The van der Waals surface area contributed by atoms with Gasteiger partial charge >= 0.3 is 17.9 Å². The Morgan fingerprint density at radius 2 is 1.37 bits per heavy atom. The molecule has 0 bridgehead atoms. The molecular weight excluding hydrogens is 729 g/mol. The Hall–Kier alpha value is -5.38. The molecule has 2 atom stereocenters. The van der Waals surface area contributed by atoms with Crippen molar-refractivity contribution in [3.63, 3.8) is 0 Å². The Balaban J connectivity index is 1.28. The number of ether oxygens (including phenoxy) is 5. The van der Waals surface area contributed by atoms with E-state index in [9.17, 15) is 14.4 Å². The van der Waals surface area contributed by atoms with Crippen LogP contribution in [0.1, 0.15) is 87.7 Å². The van der Waals surface area contributed by atoms with Gasteiger partial charge in [-0.25, -0.2) is 9.59 Å². The second-order valence-corrected chi connectivity index (χ2v) is 14.3. The third kappa shape index (κ3) is 10.6. The Labute approximate surface area is 325 Å². The summed E-state index contributed by atoms with van der Waals surface area (Å²) in [7, 11) is 3.05. The maximum Gasteiger partial charge on any atom is 0.338 e. The van der Waals surface area contributed by atoms with Crippen LogP contribution in [0.3, 0.4) is 0 Å². The first kappa shape index (κ1) is 39.8. The zero-order chi connectivity index (χ0) is 38.8. The molecule has 0 amide bonds. The van der Waals surface area contributed by atoms with E-state index in [0.717, 1.165) is 11.1 Å². The lowest BCUT2D eigenvalue weighted by atomic mass is 9.87. The van der Waals surface area contributed by atoms with Crippen molar-refractivity contribution in [2.24, 2.45) is 0 Å². The standard InChI is InChI=1S/C43H41Cl2NO8/c1-43(2,3)54-40(47)23-33(28-10-7-6-8-11-28)30-12-9-13-32(20-30)41(48)52-26-27-14-16-29(17-15-27)42(49)53-38(22-34-35(44)24-46-25-36(34)45)31-18-19-37(50-4)39(21-31)51-5/h6-21,24-25,33,38H,22-23,26H2,1-5H3/t33-,38-/m0/s1. The van der Waals surface area contributed by atoms with E-state index in [4.69, 9.17) is 46.9 Å². The monoisotopic (exact) mass is 769 g/mol. The van der Waals surface area contributed by atoms with E-state index in [1.165, 1.54) is 26.6 Å². The van der Waals surface area contributed by atoms with Gasteiger partial charge < -0.3 is 23.7 Å². The minimum absolute atomic E-state index is 0.0360. The van der Waals surface area contributed by atoms with Crippen molar-refractivity contribution in [2.75, 3.05) is 14.2 Å². The molecule has 9 nitrogen and oxygen atoms in total. The first-order valence-electron chi connectivity index (χ1n) is 17.2. The number of rotatable bonds is 14. The quantitative estimate of drug-likeness (QED) is 0.0805. The molecule has 4 aromatic carbocycles. The summed E-state index contributed by atoms with van der Waals surface area (Å²) in [5.41, 5.74) is 3.58. The molecule has 280 valence electrons. The molecular formula is C43H41Cl2NO8. The molecule has 0 unspecified atom stereocenters. The molecule has 5 rings (SSSR count). The zero-order valence-electron chi connectivity index (χ0n) is 30.6. The number of carbonyl (C=O) groups excluding carboxylic acids is 3. The van der Waals surface area contributed by atoms with E-state index >= 15 is 0 Å². The fourth-order valence-corrected chi connectivity index (χ4v) is 6.33. The van der Waals surface area contributed by atoms with Crippen LogP contribution >= 0.6 is 23.2 Å². The van der Waals surface area contributed by atoms with Crippen LogP contribution in [0.5, 0.6) is 11.5 Å². The average Bonchev–Trinajstić information content (AvgIpc) is 3.16. The SMILES string of the molecule is COc1ccc([C@H](Cc2c(Cl)cncc2Cl)OC(=O)c2ccc(COC(=O)c3cccc([C@@H](CC(=O)OC(C)(C)C)c4ccccc4)c3)cc2)cc1OC. The summed E-state index contributed by atoms with van der Waals surface area (Å²) in [6.45, 7) is 5.45. The number of nitrogens with zero attached hydrogens (tertiary/aromatic N) is 1. The molecule has 0 saturated carbocycles. The van der Waals surface area contributed by atoms with Gasteiger partial charge in [0, 0.05) is 24.7 Å².